The van der Waals surface area contributed by atoms with Crippen LogP contribution in [-0.2, 0) is 0 Å². The van der Waals surface area contributed by atoms with Gasteiger partial charge in [0.2, 0.25) is 0 Å². The fourth-order valence-electron chi connectivity index (χ4n) is 1.34. The number of hydrogen-bond donors (Lipinski definition) is 2. The molecule has 86 valence electrons. The lowest BCUT2D eigenvalue weighted by molar-refractivity contribution is 0.0687. The Hall–Kier alpha value is -2.56. The van der Waals surface area contributed by atoms with E-state index >= 15 is 0 Å². The third-order valence-corrected chi connectivity index (χ3v) is 2.19. The van der Waals surface area contributed by atoms with Crippen molar-refractivity contribution in [2.24, 2.45) is 0 Å². The molecule has 1 aromatic heterocycles. The standard InChI is InChI=1S/C12H10N2O3/c15-10-3-1-9(2-4-10)6-8-14-11(12(16)17)5-7-13-14/h1-8,15H,(H,16,17). The molecule has 0 atom stereocenters. The molecule has 0 spiro atoms. The van der Waals surface area contributed by atoms with Gasteiger partial charge in [0.15, 0.2) is 5.69 Å². The van der Waals surface area contributed by atoms with Crippen molar-refractivity contribution in [2.75, 3.05) is 0 Å². The average Bonchev–Trinajstić information content (AvgIpc) is 2.76. The fourth-order valence-corrected chi connectivity index (χ4v) is 1.34. The number of hydrogen-bond acceptors (Lipinski definition) is 3. The molecule has 0 aliphatic rings. The van der Waals surface area contributed by atoms with Gasteiger partial charge < -0.3 is 10.2 Å². The summed E-state index contributed by atoms with van der Waals surface area (Å²) in [5.74, 6) is -0.842. The van der Waals surface area contributed by atoms with Gasteiger partial charge in [-0.2, -0.15) is 5.10 Å². The maximum absolute atomic E-state index is 10.8. The molecular weight excluding hydrogens is 220 g/mol. The molecule has 0 aliphatic heterocycles. The Morgan fingerprint density at radius 1 is 1.24 bits per heavy atom. The summed E-state index contributed by atoms with van der Waals surface area (Å²) in [4.78, 5) is 10.8. The van der Waals surface area contributed by atoms with Crippen LogP contribution in [0.1, 0.15) is 16.1 Å². The minimum Gasteiger partial charge on any atom is -0.508 e. The van der Waals surface area contributed by atoms with E-state index in [2.05, 4.69) is 5.10 Å². The highest BCUT2D eigenvalue weighted by Crippen LogP contribution is 2.11. The van der Waals surface area contributed by atoms with E-state index in [4.69, 9.17) is 10.2 Å². The Kier molecular flexibility index (Phi) is 2.91. The minimum atomic E-state index is -1.03. The molecule has 17 heavy (non-hydrogen) atoms. The van der Waals surface area contributed by atoms with Crippen LogP contribution >= 0.6 is 0 Å². The summed E-state index contributed by atoms with van der Waals surface area (Å²) in [5.41, 5.74) is 0.940. The highest BCUT2D eigenvalue weighted by atomic mass is 16.4. The zero-order chi connectivity index (χ0) is 12.3. The van der Waals surface area contributed by atoms with Crippen LogP contribution in [-0.4, -0.2) is 26.0 Å². The van der Waals surface area contributed by atoms with Gasteiger partial charge >= 0.3 is 5.97 Å². The predicted molar refractivity (Wildman–Crippen MR) is 62.5 cm³/mol. The molecule has 1 heterocycles. The van der Waals surface area contributed by atoms with E-state index in [0.717, 1.165) is 5.56 Å². The molecule has 5 heteroatoms. The van der Waals surface area contributed by atoms with E-state index in [9.17, 15) is 4.79 Å². The van der Waals surface area contributed by atoms with Gasteiger partial charge in [-0.3, -0.25) is 0 Å². The molecule has 0 saturated carbocycles. The van der Waals surface area contributed by atoms with Crippen molar-refractivity contribution in [3.8, 4) is 5.75 Å². The molecule has 0 aliphatic carbocycles. The summed E-state index contributed by atoms with van der Waals surface area (Å²) < 4.78 is 1.27. The average molecular weight is 230 g/mol. The summed E-state index contributed by atoms with van der Waals surface area (Å²) in [5, 5.41) is 21.8. The number of phenols is 1. The molecule has 2 N–H and O–H groups in total. The molecular formula is C12H10N2O3. The Balaban J connectivity index is 2.23. The van der Waals surface area contributed by atoms with Crippen LogP contribution in [0.4, 0.5) is 0 Å². The van der Waals surface area contributed by atoms with E-state index in [-0.39, 0.29) is 11.4 Å². The Bertz CT molecular complexity index is 555. The van der Waals surface area contributed by atoms with Gasteiger partial charge in [-0.15, -0.1) is 0 Å². The summed E-state index contributed by atoms with van der Waals surface area (Å²) in [6.07, 6.45) is 4.68. The third-order valence-electron chi connectivity index (χ3n) is 2.19. The van der Waals surface area contributed by atoms with Crippen molar-refractivity contribution in [1.82, 2.24) is 9.78 Å². The van der Waals surface area contributed by atoms with E-state index < -0.39 is 5.97 Å². The van der Waals surface area contributed by atoms with E-state index in [1.807, 2.05) is 0 Å². The zero-order valence-corrected chi connectivity index (χ0v) is 8.82. The lowest BCUT2D eigenvalue weighted by Crippen LogP contribution is -2.04. The second-order valence-corrected chi connectivity index (χ2v) is 3.37. The van der Waals surface area contributed by atoms with Crippen LogP contribution in [0.5, 0.6) is 5.75 Å². The highest BCUT2D eigenvalue weighted by molar-refractivity contribution is 5.86. The summed E-state index contributed by atoms with van der Waals surface area (Å²) in [6, 6.07) is 7.97. The zero-order valence-electron chi connectivity index (χ0n) is 8.82. The first kappa shape index (κ1) is 10.9. The molecule has 0 bridgehead atoms. The van der Waals surface area contributed by atoms with E-state index in [1.54, 1.807) is 36.5 Å². The maximum Gasteiger partial charge on any atom is 0.354 e. The molecule has 0 unspecified atom stereocenters. The molecule has 0 saturated heterocycles. The quantitative estimate of drug-likeness (QED) is 0.844. The summed E-state index contributed by atoms with van der Waals surface area (Å²) in [6.45, 7) is 0. The van der Waals surface area contributed by atoms with Crippen molar-refractivity contribution in [1.29, 1.82) is 0 Å². The second-order valence-electron chi connectivity index (χ2n) is 3.37. The fraction of sp³-hybridized carbons (Fsp3) is 0. The number of rotatable bonds is 3. The van der Waals surface area contributed by atoms with Gasteiger partial charge in [0.25, 0.3) is 0 Å². The molecule has 2 rings (SSSR count). The number of nitrogens with zero attached hydrogens (tertiary/aromatic N) is 2. The highest BCUT2D eigenvalue weighted by Gasteiger charge is 2.07. The number of aromatic hydroxyl groups is 1. The van der Waals surface area contributed by atoms with Crippen LogP contribution in [0, 0.1) is 0 Å². The van der Waals surface area contributed by atoms with Crippen molar-refractivity contribution >= 4 is 18.2 Å². The molecule has 0 fully saturated rings. The summed E-state index contributed by atoms with van der Waals surface area (Å²) in [7, 11) is 0. The van der Waals surface area contributed by atoms with Crippen LogP contribution in [0.3, 0.4) is 0 Å². The van der Waals surface area contributed by atoms with Gasteiger partial charge in [0.1, 0.15) is 5.75 Å². The number of carboxylic acids is 1. The van der Waals surface area contributed by atoms with Crippen molar-refractivity contribution in [2.45, 2.75) is 0 Å². The second kappa shape index (κ2) is 4.52. The minimum absolute atomic E-state index is 0.0972. The first-order valence-corrected chi connectivity index (χ1v) is 4.91. The van der Waals surface area contributed by atoms with Crippen LogP contribution in [0.25, 0.3) is 12.3 Å². The van der Waals surface area contributed by atoms with Gasteiger partial charge in [0.05, 0.1) is 6.20 Å². The van der Waals surface area contributed by atoms with Gasteiger partial charge in [-0.1, -0.05) is 12.1 Å². The lowest BCUT2D eigenvalue weighted by atomic mass is 10.2. The lowest BCUT2D eigenvalue weighted by Gasteiger charge is -1.97. The van der Waals surface area contributed by atoms with Crippen LogP contribution in [0.15, 0.2) is 36.5 Å². The van der Waals surface area contributed by atoms with Crippen LogP contribution < -0.4 is 0 Å². The molecule has 0 amide bonds. The van der Waals surface area contributed by atoms with E-state index in [0.29, 0.717) is 0 Å². The number of carbonyl (C=O) groups is 1. The maximum atomic E-state index is 10.8. The number of benzene rings is 1. The Labute approximate surface area is 97.3 Å². The number of phenolic OH excluding ortho intramolecular Hbond substituents is 1. The first-order chi connectivity index (χ1) is 8.16. The number of carboxylic acid groups (broad SMARTS) is 1. The van der Waals surface area contributed by atoms with E-state index in [1.165, 1.54) is 16.9 Å². The monoisotopic (exact) mass is 230 g/mol. The number of aromatic nitrogens is 2. The summed E-state index contributed by atoms with van der Waals surface area (Å²) >= 11 is 0. The molecule has 1 aromatic carbocycles. The topological polar surface area (TPSA) is 75.3 Å². The Morgan fingerprint density at radius 3 is 2.59 bits per heavy atom. The van der Waals surface area contributed by atoms with Gasteiger partial charge in [0, 0.05) is 6.20 Å². The van der Waals surface area contributed by atoms with Crippen molar-refractivity contribution in [3.63, 3.8) is 0 Å². The SMILES string of the molecule is O=C(O)c1ccnn1C=Cc1ccc(O)cc1. The first-order valence-electron chi connectivity index (χ1n) is 4.91. The Morgan fingerprint density at radius 2 is 1.94 bits per heavy atom. The van der Waals surface area contributed by atoms with Gasteiger partial charge in [-0.25, -0.2) is 9.48 Å². The normalized spacial score (nSPS) is 10.8. The third kappa shape index (κ3) is 2.52. The number of aromatic carboxylic acids is 1. The van der Waals surface area contributed by atoms with Crippen molar-refractivity contribution < 1.29 is 15.0 Å². The van der Waals surface area contributed by atoms with Crippen LogP contribution in [0.2, 0.25) is 0 Å². The van der Waals surface area contributed by atoms with Crippen molar-refractivity contribution in [3.05, 3.63) is 47.8 Å². The smallest absolute Gasteiger partial charge is 0.354 e. The molecule has 5 nitrogen and oxygen atoms in total. The van der Waals surface area contributed by atoms with Gasteiger partial charge in [-0.05, 0) is 29.8 Å². The largest absolute Gasteiger partial charge is 0.508 e. The molecule has 2 aromatic rings. The predicted octanol–water partition coefficient (Wildman–Crippen LogP) is 1.91. The molecule has 0 radical (unpaired) electrons.